The van der Waals surface area contributed by atoms with E-state index in [1.54, 1.807) is 6.92 Å². The minimum atomic E-state index is -1.05. The standard InChI is InChI=1S/C13H19N3O5/c1-7-8(10(18)16-12(21)15-7)4-5-9(17)14-6-13(2,3)11(19)20/h4-6H2,1-3H3,(H,14,17)(H,19,20)(H2,15,16,18,21). The van der Waals surface area contributed by atoms with Gasteiger partial charge in [-0.3, -0.25) is 19.4 Å². The number of aromatic amines is 2. The third-order valence-corrected chi connectivity index (χ3v) is 3.16. The van der Waals surface area contributed by atoms with E-state index in [0.29, 0.717) is 11.3 Å². The van der Waals surface area contributed by atoms with Crippen LogP contribution in [0, 0.1) is 12.3 Å². The number of carboxylic acids is 1. The molecule has 0 saturated carbocycles. The number of hydrogen-bond acceptors (Lipinski definition) is 4. The van der Waals surface area contributed by atoms with Gasteiger partial charge in [-0.2, -0.15) is 0 Å². The molecule has 1 aromatic rings. The molecule has 0 aliphatic carbocycles. The van der Waals surface area contributed by atoms with E-state index >= 15 is 0 Å². The Kier molecular flexibility index (Phi) is 5.07. The molecule has 0 aromatic carbocycles. The van der Waals surface area contributed by atoms with E-state index in [-0.39, 0.29) is 25.3 Å². The van der Waals surface area contributed by atoms with E-state index in [1.807, 2.05) is 0 Å². The van der Waals surface area contributed by atoms with E-state index in [0.717, 1.165) is 0 Å². The van der Waals surface area contributed by atoms with Crippen molar-refractivity contribution in [1.29, 1.82) is 0 Å². The number of aromatic nitrogens is 2. The first-order valence-corrected chi connectivity index (χ1v) is 6.45. The van der Waals surface area contributed by atoms with Gasteiger partial charge in [-0.05, 0) is 27.2 Å². The second kappa shape index (κ2) is 6.38. The van der Waals surface area contributed by atoms with Crippen molar-refractivity contribution in [3.8, 4) is 0 Å². The van der Waals surface area contributed by atoms with Crippen LogP contribution in [0.4, 0.5) is 0 Å². The van der Waals surface area contributed by atoms with Crippen LogP contribution in [-0.2, 0) is 16.0 Å². The number of H-pyrrole nitrogens is 2. The molecule has 116 valence electrons. The summed E-state index contributed by atoms with van der Waals surface area (Å²) in [6, 6.07) is 0. The Morgan fingerprint density at radius 2 is 1.86 bits per heavy atom. The van der Waals surface area contributed by atoms with Crippen LogP contribution in [0.3, 0.4) is 0 Å². The van der Waals surface area contributed by atoms with Crippen molar-refractivity contribution >= 4 is 11.9 Å². The van der Waals surface area contributed by atoms with Crippen molar-refractivity contribution < 1.29 is 14.7 Å². The number of nitrogens with one attached hydrogen (secondary N) is 3. The lowest BCUT2D eigenvalue weighted by atomic mass is 9.94. The first kappa shape index (κ1) is 16.7. The zero-order chi connectivity index (χ0) is 16.2. The van der Waals surface area contributed by atoms with E-state index in [2.05, 4.69) is 15.3 Å². The average molecular weight is 297 g/mol. The monoisotopic (exact) mass is 297 g/mol. The predicted molar refractivity (Wildman–Crippen MR) is 75.2 cm³/mol. The molecule has 0 bridgehead atoms. The maximum atomic E-state index is 11.7. The Hall–Kier alpha value is -2.38. The van der Waals surface area contributed by atoms with Crippen LogP contribution in [0.2, 0.25) is 0 Å². The molecule has 0 aliphatic rings. The highest BCUT2D eigenvalue weighted by Crippen LogP contribution is 2.13. The highest BCUT2D eigenvalue weighted by atomic mass is 16.4. The number of carbonyl (C=O) groups excluding carboxylic acids is 1. The van der Waals surface area contributed by atoms with Gasteiger partial charge in [0.2, 0.25) is 5.91 Å². The van der Waals surface area contributed by atoms with Crippen molar-refractivity contribution in [3.63, 3.8) is 0 Å². The van der Waals surface area contributed by atoms with Crippen molar-refractivity contribution in [1.82, 2.24) is 15.3 Å². The Morgan fingerprint density at radius 3 is 2.38 bits per heavy atom. The van der Waals surface area contributed by atoms with E-state index in [4.69, 9.17) is 5.11 Å². The van der Waals surface area contributed by atoms with Gasteiger partial charge in [0, 0.05) is 24.2 Å². The summed E-state index contributed by atoms with van der Waals surface area (Å²) in [5.41, 5.74) is -1.41. The molecule has 0 radical (unpaired) electrons. The second-order valence-corrected chi connectivity index (χ2v) is 5.48. The maximum Gasteiger partial charge on any atom is 0.325 e. The lowest BCUT2D eigenvalue weighted by molar-refractivity contribution is -0.146. The number of amides is 1. The molecule has 1 rings (SSSR count). The lowest BCUT2D eigenvalue weighted by Crippen LogP contribution is -2.39. The summed E-state index contributed by atoms with van der Waals surface area (Å²) in [5, 5.41) is 11.5. The van der Waals surface area contributed by atoms with Crippen LogP contribution >= 0.6 is 0 Å². The van der Waals surface area contributed by atoms with Gasteiger partial charge >= 0.3 is 11.7 Å². The quantitative estimate of drug-likeness (QED) is 0.563. The molecule has 0 unspecified atom stereocenters. The summed E-state index contributed by atoms with van der Waals surface area (Å²) < 4.78 is 0. The van der Waals surface area contributed by atoms with Gasteiger partial charge in [-0.25, -0.2) is 4.79 Å². The second-order valence-electron chi connectivity index (χ2n) is 5.48. The molecule has 0 saturated heterocycles. The maximum absolute atomic E-state index is 11.7. The van der Waals surface area contributed by atoms with Gasteiger partial charge in [-0.15, -0.1) is 0 Å². The smallest absolute Gasteiger partial charge is 0.325 e. The van der Waals surface area contributed by atoms with Crippen LogP contribution in [0.25, 0.3) is 0 Å². The van der Waals surface area contributed by atoms with Gasteiger partial charge in [-0.1, -0.05) is 0 Å². The predicted octanol–water partition coefficient (Wildman–Crippen LogP) is -0.469. The van der Waals surface area contributed by atoms with Crippen LogP contribution < -0.4 is 16.6 Å². The fourth-order valence-corrected chi connectivity index (χ4v) is 1.65. The van der Waals surface area contributed by atoms with Crippen molar-refractivity contribution in [2.24, 2.45) is 5.41 Å². The van der Waals surface area contributed by atoms with Crippen LogP contribution in [0.15, 0.2) is 9.59 Å². The topological polar surface area (TPSA) is 132 Å². The van der Waals surface area contributed by atoms with Crippen LogP contribution in [0.5, 0.6) is 0 Å². The van der Waals surface area contributed by atoms with E-state index in [1.165, 1.54) is 13.8 Å². The summed E-state index contributed by atoms with van der Waals surface area (Å²) in [4.78, 5) is 49.8. The first-order valence-electron chi connectivity index (χ1n) is 6.45. The fourth-order valence-electron chi connectivity index (χ4n) is 1.65. The van der Waals surface area contributed by atoms with Gasteiger partial charge in [0.05, 0.1) is 5.41 Å². The van der Waals surface area contributed by atoms with E-state index in [9.17, 15) is 19.2 Å². The summed E-state index contributed by atoms with van der Waals surface area (Å²) >= 11 is 0. The highest BCUT2D eigenvalue weighted by Gasteiger charge is 2.27. The minimum absolute atomic E-state index is 0.00211. The summed E-state index contributed by atoms with van der Waals surface area (Å²) in [6.07, 6.45) is 0.197. The van der Waals surface area contributed by atoms with Gasteiger partial charge in [0.1, 0.15) is 0 Å². The molecule has 0 atom stereocenters. The molecule has 1 amide bonds. The molecule has 1 heterocycles. The molecule has 4 N–H and O–H groups in total. The third-order valence-electron chi connectivity index (χ3n) is 3.16. The van der Waals surface area contributed by atoms with Crippen LogP contribution in [-0.4, -0.2) is 33.5 Å². The molecule has 0 aliphatic heterocycles. The number of rotatable bonds is 6. The molecule has 21 heavy (non-hydrogen) atoms. The Bertz CT molecular complexity index is 657. The molecular formula is C13H19N3O5. The largest absolute Gasteiger partial charge is 0.481 e. The third kappa shape index (κ3) is 4.59. The van der Waals surface area contributed by atoms with Gasteiger partial charge in [0.25, 0.3) is 5.56 Å². The molecule has 0 spiro atoms. The average Bonchev–Trinajstić information content (AvgIpc) is 2.35. The number of hydrogen-bond donors (Lipinski definition) is 4. The molecule has 8 nitrogen and oxygen atoms in total. The number of carbonyl (C=O) groups is 2. The number of aliphatic carboxylic acids is 1. The minimum Gasteiger partial charge on any atom is -0.481 e. The highest BCUT2D eigenvalue weighted by molar-refractivity contribution is 5.78. The van der Waals surface area contributed by atoms with Crippen molar-refractivity contribution in [2.45, 2.75) is 33.6 Å². The molecular weight excluding hydrogens is 278 g/mol. The van der Waals surface area contributed by atoms with E-state index < -0.39 is 22.6 Å². The van der Waals surface area contributed by atoms with Crippen molar-refractivity contribution in [3.05, 3.63) is 32.1 Å². The summed E-state index contributed by atoms with van der Waals surface area (Å²) in [7, 11) is 0. The fraction of sp³-hybridized carbons (Fsp3) is 0.538. The summed E-state index contributed by atoms with van der Waals surface area (Å²) in [5.74, 6) is -1.36. The SMILES string of the molecule is Cc1[nH]c(=O)[nH]c(=O)c1CCC(=O)NCC(C)(C)C(=O)O. The van der Waals surface area contributed by atoms with Gasteiger partial charge < -0.3 is 15.4 Å². The van der Waals surface area contributed by atoms with Crippen molar-refractivity contribution in [2.75, 3.05) is 6.54 Å². The Balaban J connectivity index is 2.61. The van der Waals surface area contributed by atoms with Gasteiger partial charge in [0.15, 0.2) is 0 Å². The zero-order valence-corrected chi connectivity index (χ0v) is 12.2. The molecule has 0 fully saturated rings. The zero-order valence-electron chi connectivity index (χ0n) is 12.2. The molecule has 8 heteroatoms. The lowest BCUT2D eigenvalue weighted by Gasteiger charge is -2.19. The normalized spacial score (nSPS) is 11.2. The number of aryl methyl sites for hydroxylation is 1. The number of carboxylic acid groups (broad SMARTS) is 1. The Morgan fingerprint density at radius 1 is 1.24 bits per heavy atom. The van der Waals surface area contributed by atoms with Crippen LogP contribution in [0.1, 0.15) is 31.5 Å². The first-order chi connectivity index (χ1) is 9.63. The molecule has 1 aromatic heterocycles. The Labute approximate surface area is 120 Å². The summed E-state index contributed by atoms with van der Waals surface area (Å²) in [6.45, 7) is 4.60.